The predicted molar refractivity (Wildman–Crippen MR) is 125 cm³/mol. The number of hydrogen-bond donors (Lipinski definition) is 7. The van der Waals surface area contributed by atoms with E-state index in [1.807, 2.05) is 24.3 Å². The van der Waals surface area contributed by atoms with Crippen LogP contribution in [0.1, 0.15) is 17.3 Å². The van der Waals surface area contributed by atoms with Crippen LogP contribution in [0.3, 0.4) is 0 Å². The smallest absolute Gasteiger partial charge is 0.235 e. The van der Waals surface area contributed by atoms with Crippen LogP contribution in [0.2, 0.25) is 0 Å². The zero-order valence-corrected chi connectivity index (χ0v) is 18.9. The van der Waals surface area contributed by atoms with Crippen molar-refractivity contribution in [2.45, 2.75) is 43.0 Å². The number of amides is 1. The molecule has 34 heavy (non-hydrogen) atoms. The van der Waals surface area contributed by atoms with Gasteiger partial charge in [-0.3, -0.25) is 15.4 Å². The monoisotopic (exact) mass is 487 g/mol. The average molecular weight is 488 g/mol. The number of carbonyl (C=O) groups is 1. The molecule has 3 unspecified atom stereocenters. The summed E-state index contributed by atoms with van der Waals surface area (Å²) in [6.07, 6.45) is -3.13. The highest BCUT2D eigenvalue weighted by Gasteiger charge is 2.46. The van der Waals surface area contributed by atoms with Gasteiger partial charge in [0.1, 0.15) is 16.7 Å². The number of nitrogens with zero attached hydrogens (tertiary/aromatic N) is 1. The van der Waals surface area contributed by atoms with E-state index in [0.717, 1.165) is 10.2 Å². The van der Waals surface area contributed by atoms with E-state index in [9.17, 15) is 24.5 Å². The molecule has 2 fully saturated rings. The minimum absolute atomic E-state index is 0.245. The first-order valence-corrected chi connectivity index (χ1v) is 11.9. The standard InChI is InChI=1S/C23H26FN5O4S/c24-12-5-7-13(8-6-12)25-23-28-20(26-15-9-11(10-30)18(31)19(15)32)17(21(33)29-23)22-27-14-3-1-2-4-16(14)34-22/h1-8,11,15,17-20,23,25-26,28,30-32H,9-10H2,(H,29,33)/t11-,15-,17?,18-,19+,20?,23?/m1/s1. The van der Waals surface area contributed by atoms with Gasteiger partial charge in [0.2, 0.25) is 5.91 Å². The minimum Gasteiger partial charge on any atom is -0.396 e. The molecule has 0 bridgehead atoms. The van der Waals surface area contributed by atoms with Gasteiger partial charge in [0.05, 0.1) is 28.6 Å². The Morgan fingerprint density at radius 2 is 1.88 bits per heavy atom. The van der Waals surface area contributed by atoms with Crippen LogP contribution < -0.4 is 21.3 Å². The number of nitrogens with one attached hydrogen (secondary N) is 4. The Morgan fingerprint density at radius 3 is 2.59 bits per heavy atom. The fourth-order valence-corrected chi connectivity index (χ4v) is 5.72. The van der Waals surface area contributed by atoms with Crippen LogP contribution in [0.4, 0.5) is 10.1 Å². The van der Waals surface area contributed by atoms with Gasteiger partial charge in [0.25, 0.3) is 0 Å². The lowest BCUT2D eigenvalue weighted by Gasteiger charge is -2.39. The third-order valence-electron chi connectivity index (χ3n) is 6.41. The molecule has 7 N–H and O–H groups in total. The summed E-state index contributed by atoms with van der Waals surface area (Å²) in [6, 6.07) is 12.8. The molecule has 180 valence electrons. The Kier molecular flexibility index (Phi) is 6.47. The van der Waals surface area contributed by atoms with E-state index in [1.165, 1.54) is 23.5 Å². The molecule has 11 heteroatoms. The Balaban J connectivity index is 1.42. The summed E-state index contributed by atoms with van der Waals surface area (Å²) in [5, 5.41) is 43.5. The molecule has 1 aromatic heterocycles. The fraction of sp³-hybridized carbons (Fsp3) is 0.391. The zero-order valence-electron chi connectivity index (χ0n) is 18.1. The highest BCUT2D eigenvalue weighted by atomic mass is 32.1. The number of halogens is 1. The van der Waals surface area contributed by atoms with Gasteiger partial charge in [-0.1, -0.05) is 12.1 Å². The lowest BCUT2D eigenvalue weighted by Crippen LogP contribution is -2.68. The molecule has 2 heterocycles. The summed E-state index contributed by atoms with van der Waals surface area (Å²) in [5.41, 5.74) is 1.39. The summed E-state index contributed by atoms with van der Waals surface area (Å²) >= 11 is 1.42. The lowest BCUT2D eigenvalue weighted by atomic mass is 10.0. The van der Waals surface area contributed by atoms with Crippen LogP contribution in [-0.2, 0) is 4.79 Å². The number of carbonyl (C=O) groups excluding carboxylic acids is 1. The summed E-state index contributed by atoms with van der Waals surface area (Å²) < 4.78 is 14.2. The van der Waals surface area contributed by atoms with Crippen molar-refractivity contribution in [2.75, 3.05) is 11.9 Å². The first-order chi connectivity index (χ1) is 16.4. The van der Waals surface area contributed by atoms with Crippen LogP contribution in [0.25, 0.3) is 10.2 Å². The molecule has 1 aliphatic heterocycles. The van der Waals surface area contributed by atoms with Gasteiger partial charge in [0, 0.05) is 24.3 Å². The number of aromatic nitrogens is 1. The largest absolute Gasteiger partial charge is 0.396 e. The number of rotatable bonds is 6. The van der Waals surface area contributed by atoms with Crippen molar-refractivity contribution < 1.29 is 24.5 Å². The SMILES string of the molecule is O=C1NC(Nc2ccc(F)cc2)NC(N[C@@H]2C[C@H](CO)[C@@H](O)[C@H]2O)C1c1nc2ccccc2s1. The van der Waals surface area contributed by atoms with Crippen LogP contribution in [0, 0.1) is 11.7 Å². The number of hydrogen-bond acceptors (Lipinski definition) is 9. The maximum atomic E-state index is 13.3. The molecule has 5 rings (SSSR count). The van der Waals surface area contributed by atoms with Crippen molar-refractivity contribution >= 4 is 33.1 Å². The summed E-state index contributed by atoms with van der Waals surface area (Å²) in [4.78, 5) is 18.0. The van der Waals surface area contributed by atoms with E-state index >= 15 is 0 Å². The van der Waals surface area contributed by atoms with Gasteiger partial charge in [-0.2, -0.15) is 0 Å². The third-order valence-corrected chi connectivity index (χ3v) is 7.53. The van der Waals surface area contributed by atoms with Crippen LogP contribution in [0.5, 0.6) is 0 Å². The van der Waals surface area contributed by atoms with Crippen molar-refractivity contribution in [3.05, 3.63) is 59.4 Å². The molecular formula is C23H26FN5O4S. The molecule has 7 atom stereocenters. The second kappa shape index (κ2) is 9.53. The van der Waals surface area contributed by atoms with E-state index in [4.69, 9.17) is 0 Å². The molecule has 2 aliphatic rings. The van der Waals surface area contributed by atoms with Gasteiger partial charge in [-0.15, -0.1) is 11.3 Å². The van der Waals surface area contributed by atoms with E-state index < -0.39 is 42.5 Å². The molecule has 0 spiro atoms. The Hall–Kier alpha value is -2.67. The fourth-order valence-electron chi connectivity index (χ4n) is 4.62. The van der Waals surface area contributed by atoms with Crippen molar-refractivity contribution in [2.24, 2.45) is 5.92 Å². The van der Waals surface area contributed by atoms with Crippen molar-refractivity contribution in [1.29, 1.82) is 0 Å². The number of anilines is 1. The number of fused-ring (bicyclic) bond motifs is 1. The van der Waals surface area contributed by atoms with Crippen molar-refractivity contribution in [3.8, 4) is 0 Å². The highest BCUT2D eigenvalue weighted by molar-refractivity contribution is 7.18. The Morgan fingerprint density at radius 1 is 1.12 bits per heavy atom. The quantitative estimate of drug-likeness (QED) is 0.269. The molecule has 1 aliphatic carbocycles. The van der Waals surface area contributed by atoms with Gasteiger partial charge in [-0.25, -0.2) is 9.37 Å². The van der Waals surface area contributed by atoms with Gasteiger partial charge in [0.15, 0.2) is 6.29 Å². The molecule has 2 aromatic carbocycles. The number of thiazole rings is 1. The first-order valence-electron chi connectivity index (χ1n) is 11.1. The molecular weight excluding hydrogens is 461 g/mol. The summed E-state index contributed by atoms with van der Waals surface area (Å²) in [6.45, 7) is -0.245. The van der Waals surface area contributed by atoms with Crippen molar-refractivity contribution in [3.63, 3.8) is 0 Å². The second-order valence-electron chi connectivity index (χ2n) is 8.67. The highest BCUT2D eigenvalue weighted by Crippen LogP contribution is 2.33. The van der Waals surface area contributed by atoms with Crippen LogP contribution in [-0.4, -0.2) is 63.5 Å². The average Bonchev–Trinajstić information content (AvgIpc) is 3.36. The lowest BCUT2D eigenvalue weighted by molar-refractivity contribution is -0.126. The van der Waals surface area contributed by atoms with E-state index in [2.05, 4.69) is 26.3 Å². The number of aliphatic hydroxyl groups excluding tert-OH is 3. The van der Waals surface area contributed by atoms with E-state index in [1.54, 1.807) is 12.1 Å². The maximum absolute atomic E-state index is 13.3. The Labute approximate surface area is 199 Å². The van der Waals surface area contributed by atoms with Gasteiger partial charge < -0.3 is 26.0 Å². The van der Waals surface area contributed by atoms with Gasteiger partial charge in [-0.05, 0) is 42.8 Å². The number of aliphatic hydroxyl groups is 3. The molecule has 0 radical (unpaired) electrons. The third kappa shape index (κ3) is 4.50. The summed E-state index contributed by atoms with van der Waals surface area (Å²) in [7, 11) is 0. The van der Waals surface area contributed by atoms with Crippen LogP contribution >= 0.6 is 11.3 Å². The molecule has 1 saturated heterocycles. The van der Waals surface area contributed by atoms with E-state index in [0.29, 0.717) is 17.1 Å². The Bertz CT molecular complexity index is 1130. The molecule has 9 nitrogen and oxygen atoms in total. The number of para-hydroxylation sites is 1. The second-order valence-corrected chi connectivity index (χ2v) is 9.73. The maximum Gasteiger partial charge on any atom is 0.235 e. The topological polar surface area (TPSA) is 139 Å². The minimum atomic E-state index is -1.09. The predicted octanol–water partition coefficient (Wildman–Crippen LogP) is 0.652. The molecule has 3 aromatic rings. The number of benzene rings is 2. The van der Waals surface area contributed by atoms with E-state index in [-0.39, 0.29) is 18.3 Å². The normalized spacial score (nSPS) is 31.5. The van der Waals surface area contributed by atoms with Gasteiger partial charge >= 0.3 is 0 Å². The molecule has 1 amide bonds. The van der Waals surface area contributed by atoms with Crippen molar-refractivity contribution in [1.82, 2.24) is 20.9 Å². The summed E-state index contributed by atoms with van der Waals surface area (Å²) in [5.74, 6) is -1.81. The zero-order chi connectivity index (χ0) is 23.8. The van der Waals surface area contributed by atoms with Crippen LogP contribution in [0.15, 0.2) is 48.5 Å². The molecule has 1 saturated carbocycles. The first kappa shape index (κ1) is 23.1.